The van der Waals surface area contributed by atoms with Gasteiger partial charge < -0.3 is 16.4 Å². The second-order valence-corrected chi connectivity index (χ2v) is 4.65. The number of hydrogen-bond acceptors (Lipinski definition) is 3. The zero-order valence-electron chi connectivity index (χ0n) is 11.0. The molecule has 1 rings (SSSR count). The molecule has 0 aliphatic heterocycles. The van der Waals surface area contributed by atoms with E-state index in [9.17, 15) is 9.59 Å². The largest absolute Gasteiger partial charge is 0.384 e. The molecule has 1 aromatic carbocycles. The third-order valence-corrected chi connectivity index (χ3v) is 2.80. The molecule has 104 valence electrons. The Morgan fingerprint density at radius 1 is 1.42 bits per heavy atom. The van der Waals surface area contributed by atoms with Crippen LogP contribution in [-0.2, 0) is 4.79 Å². The predicted octanol–water partition coefficient (Wildman–Crippen LogP) is 1.77. The molecule has 0 fully saturated rings. The van der Waals surface area contributed by atoms with E-state index < -0.39 is 11.9 Å². The van der Waals surface area contributed by atoms with Gasteiger partial charge in [-0.05, 0) is 31.5 Å². The smallest absolute Gasteiger partial charge is 0.254 e. The van der Waals surface area contributed by atoms with Gasteiger partial charge in [0.1, 0.15) is 6.04 Å². The van der Waals surface area contributed by atoms with Crippen LogP contribution in [0.1, 0.15) is 30.6 Å². The quantitative estimate of drug-likeness (QED) is 0.744. The SMILES string of the molecule is CCCNc1ccc(Cl)cc1C(=O)NC(C)C(N)=O. The van der Waals surface area contributed by atoms with Gasteiger partial charge in [-0.15, -0.1) is 0 Å². The normalized spacial score (nSPS) is 11.7. The maximum atomic E-state index is 12.1. The van der Waals surface area contributed by atoms with Crippen LogP contribution in [0.2, 0.25) is 5.02 Å². The Balaban J connectivity index is 2.93. The molecule has 0 aliphatic carbocycles. The van der Waals surface area contributed by atoms with Crippen molar-refractivity contribution < 1.29 is 9.59 Å². The van der Waals surface area contributed by atoms with Gasteiger partial charge in [-0.1, -0.05) is 18.5 Å². The molecule has 5 nitrogen and oxygen atoms in total. The van der Waals surface area contributed by atoms with Crippen molar-refractivity contribution in [3.63, 3.8) is 0 Å². The van der Waals surface area contributed by atoms with Crippen molar-refractivity contribution >= 4 is 29.1 Å². The third-order valence-electron chi connectivity index (χ3n) is 2.57. The minimum Gasteiger partial charge on any atom is -0.384 e. The second kappa shape index (κ2) is 6.99. The summed E-state index contributed by atoms with van der Waals surface area (Å²) in [6.07, 6.45) is 0.932. The number of nitrogens with two attached hydrogens (primary N) is 1. The van der Waals surface area contributed by atoms with Gasteiger partial charge in [0.25, 0.3) is 5.91 Å². The van der Waals surface area contributed by atoms with E-state index in [-0.39, 0.29) is 5.91 Å². The summed E-state index contributed by atoms with van der Waals surface area (Å²) >= 11 is 5.89. The highest BCUT2D eigenvalue weighted by molar-refractivity contribution is 6.31. The van der Waals surface area contributed by atoms with Gasteiger partial charge in [-0.2, -0.15) is 0 Å². The van der Waals surface area contributed by atoms with Crippen LogP contribution in [0.4, 0.5) is 5.69 Å². The number of primary amides is 1. The number of carbonyl (C=O) groups is 2. The zero-order chi connectivity index (χ0) is 14.4. The number of carbonyl (C=O) groups excluding carboxylic acids is 2. The van der Waals surface area contributed by atoms with Crippen molar-refractivity contribution in [3.8, 4) is 0 Å². The molecule has 0 spiro atoms. The van der Waals surface area contributed by atoms with Gasteiger partial charge in [-0.3, -0.25) is 9.59 Å². The van der Waals surface area contributed by atoms with Crippen molar-refractivity contribution in [2.45, 2.75) is 26.3 Å². The highest BCUT2D eigenvalue weighted by Gasteiger charge is 2.16. The van der Waals surface area contributed by atoms with Gasteiger partial charge >= 0.3 is 0 Å². The van der Waals surface area contributed by atoms with E-state index in [1.165, 1.54) is 6.92 Å². The van der Waals surface area contributed by atoms with Crippen molar-refractivity contribution in [2.75, 3.05) is 11.9 Å². The molecule has 0 heterocycles. The molecule has 0 saturated carbocycles. The summed E-state index contributed by atoms with van der Waals surface area (Å²) in [5.74, 6) is -0.967. The number of rotatable bonds is 6. The summed E-state index contributed by atoms with van der Waals surface area (Å²) in [5, 5.41) is 6.12. The first-order valence-corrected chi connectivity index (χ1v) is 6.47. The van der Waals surface area contributed by atoms with Gasteiger partial charge in [-0.25, -0.2) is 0 Å². The van der Waals surface area contributed by atoms with Crippen LogP contribution >= 0.6 is 11.6 Å². The second-order valence-electron chi connectivity index (χ2n) is 4.21. The van der Waals surface area contributed by atoms with Crippen LogP contribution in [0.5, 0.6) is 0 Å². The molecule has 0 radical (unpaired) electrons. The van der Waals surface area contributed by atoms with Crippen LogP contribution < -0.4 is 16.4 Å². The van der Waals surface area contributed by atoms with Crippen molar-refractivity contribution in [1.29, 1.82) is 0 Å². The zero-order valence-corrected chi connectivity index (χ0v) is 11.8. The number of benzene rings is 1. The molecule has 0 saturated heterocycles. The standard InChI is InChI=1S/C13H18ClN3O2/c1-3-6-16-11-5-4-9(14)7-10(11)13(19)17-8(2)12(15)18/h4-5,7-8,16H,3,6H2,1-2H3,(H2,15,18)(H,17,19). The van der Waals surface area contributed by atoms with Crippen LogP contribution in [0.25, 0.3) is 0 Å². The first kappa shape index (κ1) is 15.3. The Morgan fingerprint density at radius 3 is 2.68 bits per heavy atom. The highest BCUT2D eigenvalue weighted by atomic mass is 35.5. The summed E-state index contributed by atoms with van der Waals surface area (Å²) in [6.45, 7) is 4.30. The van der Waals surface area contributed by atoms with E-state index in [1.807, 2.05) is 6.92 Å². The fourth-order valence-corrected chi connectivity index (χ4v) is 1.64. The fraction of sp³-hybridized carbons (Fsp3) is 0.385. The Hall–Kier alpha value is -1.75. The number of halogens is 1. The summed E-state index contributed by atoms with van der Waals surface area (Å²) in [7, 11) is 0. The first-order chi connectivity index (χ1) is 8.95. The molecule has 19 heavy (non-hydrogen) atoms. The minimum atomic E-state index is -0.731. The lowest BCUT2D eigenvalue weighted by atomic mass is 10.1. The minimum absolute atomic E-state index is 0.382. The van der Waals surface area contributed by atoms with E-state index in [1.54, 1.807) is 18.2 Å². The van der Waals surface area contributed by atoms with Crippen LogP contribution in [-0.4, -0.2) is 24.4 Å². The van der Waals surface area contributed by atoms with Crippen LogP contribution in [0.15, 0.2) is 18.2 Å². The Morgan fingerprint density at radius 2 is 2.11 bits per heavy atom. The maximum absolute atomic E-state index is 12.1. The summed E-state index contributed by atoms with van der Waals surface area (Å²) in [5.41, 5.74) is 6.19. The Kier molecular flexibility index (Phi) is 5.63. The van der Waals surface area contributed by atoms with E-state index in [0.29, 0.717) is 16.3 Å². The fourth-order valence-electron chi connectivity index (χ4n) is 1.46. The van der Waals surface area contributed by atoms with E-state index in [4.69, 9.17) is 17.3 Å². The van der Waals surface area contributed by atoms with Gasteiger partial charge in [0.2, 0.25) is 5.91 Å². The molecule has 1 atom stereocenters. The van der Waals surface area contributed by atoms with E-state index >= 15 is 0 Å². The van der Waals surface area contributed by atoms with Crippen LogP contribution in [0, 0.1) is 0 Å². The van der Waals surface area contributed by atoms with Crippen molar-refractivity contribution in [1.82, 2.24) is 5.32 Å². The summed E-state index contributed by atoms with van der Waals surface area (Å²) < 4.78 is 0. The molecule has 6 heteroatoms. The lowest BCUT2D eigenvalue weighted by Crippen LogP contribution is -2.42. The van der Waals surface area contributed by atoms with Gasteiger partial charge in [0.05, 0.1) is 5.56 Å². The van der Waals surface area contributed by atoms with E-state index in [0.717, 1.165) is 13.0 Å². The molecule has 1 unspecified atom stereocenters. The predicted molar refractivity (Wildman–Crippen MR) is 76.4 cm³/mol. The number of hydrogen-bond donors (Lipinski definition) is 3. The average Bonchev–Trinajstić information content (AvgIpc) is 2.36. The first-order valence-electron chi connectivity index (χ1n) is 6.09. The lowest BCUT2D eigenvalue weighted by Gasteiger charge is -2.14. The number of nitrogens with one attached hydrogen (secondary N) is 2. The molecule has 4 N–H and O–H groups in total. The van der Waals surface area contributed by atoms with Crippen LogP contribution in [0.3, 0.4) is 0 Å². The molecule has 0 bridgehead atoms. The molecular weight excluding hydrogens is 266 g/mol. The average molecular weight is 284 g/mol. The Bertz CT molecular complexity index is 477. The molecule has 0 aliphatic rings. The Labute approximate surface area is 117 Å². The third kappa shape index (κ3) is 4.44. The molecule has 1 aromatic rings. The number of anilines is 1. The van der Waals surface area contributed by atoms with Gasteiger partial charge in [0, 0.05) is 17.3 Å². The summed E-state index contributed by atoms with van der Waals surface area (Å²) in [6, 6.07) is 4.27. The highest BCUT2D eigenvalue weighted by Crippen LogP contribution is 2.20. The number of amides is 2. The maximum Gasteiger partial charge on any atom is 0.254 e. The van der Waals surface area contributed by atoms with Gasteiger partial charge in [0.15, 0.2) is 0 Å². The molecular formula is C13H18ClN3O2. The van der Waals surface area contributed by atoms with Crippen molar-refractivity contribution in [2.24, 2.45) is 5.73 Å². The summed E-state index contributed by atoms with van der Waals surface area (Å²) in [4.78, 5) is 23.0. The topological polar surface area (TPSA) is 84.2 Å². The molecule has 0 aromatic heterocycles. The van der Waals surface area contributed by atoms with Crippen molar-refractivity contribution in [3.05, 3.63) is 28.8 Å². The molecule has 2 amide bonds. The van der Waals surface area contributed by atoms with E-state index in [2.05, 4.69) is 10.6 Å². The lowest BCUT2D eigenvalue weighted by molar-refractivity contribution is -0.119. The monoisotopic (exact) mass is 283 g/mol.